The number of likely N-dealkylation sites (tertiary alicyclic amines) is 1. The number of aliphatic hydroxyl groups excluding tert-OH is 1. The number of rotatable bonds is 7. The van der Waals surface area contributed by atoms with E-state index in [9.17, 15) is 9.90 Å². The number of aliphatic hydroxyl groups is 1. The topological polar surface area (TPSA) is 80.3 Å². The summed E-state index contributed by atoms with van der Waals surface area (Å²) in [6, 6.07) is 0.0632. The number of hydrogen-bond acceptors (Lipinski definition) is 7. The van der Waals surface area contributed by atoms with Gasteiger partial charge in [0.15, 0.2) is 0 Å². The molecule has 0 aromatic rings. The molecule has 2 bridgehead atoms. The fourth-order valence-electron chi connectivity index (χ4n) is 9.58. The van der Waals surface area contributed by atoms with Gasteiger partial charge in [-0.2, -0.15) is 0 Å². The molecule has 7 nitrogen and oxygen atoms in total. The van der Waals surface area contributed by atoms with Crippen LogP contribution in [0.1, 0.15) is 86.0 Å². The average molecular weight is 519 g/mol. The van der Waals surface area contributed by atoms with E-state index < -0.39 is 17.7 Å². The minimum atomic E-state index is -0.524. The lowest BCUT2D eigenvalue weighted by Crippen LogP contribution is -2.79. The number of carbonyl (C=O) groups excluding carboxylic acids is 1. The van der Waals surface area contributed by atoms with Crippen LogP contribution in [0.15, 0.2) is 0 Å². The Bertz CT molecular complexity index is 886. The number of methoxy groups -OCH3 is 1. The van der Waals surface area contributed by atoms with Crippen LogP contribution in [0.3, 0.4) is 0 Å². The molecule has 37 heavy (non-hydrogen) atoms. The normalized spacial score (nSPS) is 46.0. The molecular formula is C30H50N2O5. The number of ether oxygens (including phenoxy) is 3. The van der Waals surface area contributed by atoms with Gasteiger partial charge in [0.25, 0.3) is 0 Å². The largest absolute Gasteiger partial charge is 0.459 e. The molecule has 2 heterocycles. The van der Waals surface area contributed by atoms with E-state index in [4.69, 9.17) is 14.2 Å². The fourth-order valence-corrected chi connectivity index (χ4v) is 9.58. The minimum Gasteiger partial charge on any atom is -0.459 e. The van der Waals surface area contributed by atoms with E-state index in [1.165, 1.54) is 19.4 Å². The van der Waals surface area contributed by atoms with Gasteiger partial charge in [0.05, 0.1) is 23.9 Å². The maximum absolute atomic E-state index is 13.3. The zero-order valence-electron chi connectivity index (χ0n) is 23.9. The van der Waals surface area contributed by atoms with E-state index in [0.29, 0.717) is 17.9 Å². The van der Waals surface area contributed by atoms with Crippen molar-refractivity contribution in [3.63, 3.8) is 0 Å². The molecule has 0 aromatic carbocycles. The molecule has 6 fully saturated rings. The maximum Gasteiger partial charge on any atom is 0.323 e. The molecule has 2 aliphatic heterocycles. The maximum atomic E-state index is 13.3. The van der Waals surface area contributed by atoms with Gasteiger partial charge in [-0.1, -0.05) is 13.8 Å². The van der Waals surface area contributed by atoms with E-state index in [2.05, 4.69) is 24.1 Å². The Morgan fingerprint density at radius 3 is 2.57 bits per heavy atom. The van der Waals surface area contributed by atoms with Crippen LogP contribution in [-0.4, -0.2) is 83.8 Å². The summed E-state index contributed by atoms with van der Waals surface area (Å²) in [5.74, 6) is 1.67. The van der Waals surface area contributed by atoms with Gasteiger partial charge >= 0.3 is 5.97 Å². The van der Waals surface area contributed by atoms with Crippen LogP contribution in [0.2, 0.25) is 0 Å². The Morgan fingerprint density at radius 2 is 1.92 bits per heavy atom. The Labute approximate surface area is 223 Å². The number of nitrogens with one attached hydrogen (secondary N) is 1. The third-order valence-electron chi connectivity index (χ3n) is 11.1. The third-order valence-corrected chi connectivity index (χ3v) is 11.1. The van der Waals surface area contributed by atoms with Crippen LogP contribution in [0, 0.1) is 29.1 Å². The summed E-state index contributed by atoms with van der Waals surface area (Å²) in [6.07, 6.45) is 8.13. The van der Waals surface area contributed by atoms with E-state index in [0.717, 1.165) is 51.0 Å². The van der Waals surface area contributed by atoms with Crippen LogP contribution in [0.25, 0.3) is 0 Å². The molecule has 4 aliphatic carbocycles. The highest BCUT2D eigenvalue weighted by Gasteiger charge is 2.78. The smallest absolute Gasteiger partial charge is 0.323 e. The summed E-state index contributed by atoms with van der Waals surface area (Å²) in [6.45, 7) is 12.3. The second-order valence-electron chi connectivity index (χ2n) is 14.6. The van der Waals surface area contributed by atoms with Gasteiger partial charge in [-0.05, 0) is 96.4 Å². The minimum absolute atomic E-state index is 0.0374. The van der Waals surface area contributed by atoms with Crippen molar-refractivity contribution < 1.29 is 24.1 Å². The molecule has 4 saturated carbocycles. The van der Waals surface area contributed by atoms with E-state index in [1.54, 1.807) is 0 Å². The van der Waals surface area contributed by atoms with Crippen LogP contribution < -0.4 is 5.32 Å². The molecule has 6 aliphatic rings. The van der Waals surface area contributed by atoms with Crippen LogP contribution in [0.5, 0.6) is 0 Å². The molecule has 1 spiro atoms. The molecule has 10 atom stereocenters. The molecule has 210 valence electrons. The third kappa shape index (κ3) is 4.04. The summed E-state index contributed by atoms with van der Waals surface area (Å²) in [7, 11) is 1.94. The van der Waals surface area contributed by atoms with Crippen LogP contribution in [-0.2, 0) is 19.0 Å². The van der Waals surface area contributed by atoms with Crippen molar-refractivity contribution in [2.24, 2.45) is 29.1 Å². The zero-order chi connectivity index (χ0) is 26.3. The number of carbonyl (C=O) groups is 1. The molecule has 2 saturated heterocycles. The van der Waals surface area contributed by atoms with Crippen molar-refractivity contribution in [3.8, 4) is 0 Å². The molecule has 0 aromatic heterocycles. The first-order valence-corrected chi connectivity index (χ1v) is 15.1. The monoisotopic (exact) mass is 518 g/mol. The molecule has 0 amide bonds. The lowest BCUT2D eigenvalue weighted by Gasteiger charge is -2.70. The number of hydrogen-bond donors (Lipinski definition) is 2. The second kappa shape index (κ2) is 9.15. The molecular weight excluding hydrogens is 468 g/mol. The van der Waals surface area contributed by atoms with Crippen molar-refractivity contribution >= 4 is 5.97 Å². The summed E-state index contributed by atoms with van der Waals surface area (Å²) in [4.78, 5) is 16.1. The van der Waals surface area contributed by atoms with Gasteiger partial charge < -0.3 is 19.3 Å². The van der Waals surface area contributed by atoms with E-state index in [1.807, 2.05) is 27.9 Å². The Balaban J connectivity index is 1.36. The van der Waals surface area contributed by atoms with E-state index in [-0.39, 0.29) is 41.2 Å². The summed E-state index contributed by atoms with van der Waals surface area (Å²) < 4.78 is 19.6. The summed E-state index contributed by atoms with van der Waals surface area (Å²) >= 11 is 0. The van der Waals surface area contributed by atoms with Crippen molar-refractivity contribution in [2.45, 2.75) is 134 Å². The molecule has 2 N–H and O–H groups in total. The summed E-state index contributed by atoms with van der Waals surface area (Å²) in [5, 5.41) is 15.0. The van der Waals surface area contributed by atoms with Crippen molar-refractivity contribution in [1.82, 2.24) is 10.2 Å². The van der Waals surface area contributed by atoms with Gasteiger partial charge in [0.2, 0.25) is 0 Å². The second-order valence-corrected chi connectivity index (χ2v) is 14.6. The fraction of sp³-hybridized carbons (Fsp3) is 0.967. The number of piperidine rings is 1. The molecule has 7 heteroatoms. The lowest BCUT2D eigenvalue weighted by molar-refractivity contribution is -0.272. The SMILES string of the molecule is CO[C@]12CCC(N[C@H](C(=O)OC(C)(C)C)C(C)C)[C@@H]3OC4C(O)CCC5CC1N(CC1CC1)CC[C@]32C54. The first-order valence-electron chi connectivity index (χ1n) is 15.1. The van der Waals surface area contributed by atoms with Gasteiger partial charge in [-0.3, -0.25) is 15.0 Å². The van der Waals surface area contributed by atoms with Gasteiger partial charge in [-0.15, -0.1) is 0 Å². The Morgan fingerprint density at radius 1 is 1.16 bits per heavy atom. The zero-order valence-corrected chi connectivity index (χ0v) is 23.9. The summed E-state index contributed by atoms with van der Waals surface area (Å²) in [5.41, 5.74) is -0.911. The number of esters is 1. The predicted octanol–water partition coefficient (Wildman–Crippen LogP) is 3.52. The van der Waals surface area contributed by atoms with Gasteiger partial charge in [0.1, 0.15) is 11.6 Å². The molecule has 6 unspecified atom stereocenters. The first kappa shape index (κ1) is 26.5. The highest BCUT2D eigenvalue weighted by Crippen LogP contribution is 2.70. The van der Waals surface area contributed by atoms with E-state index >= 15 is 0 Å². The lowest BCUT2D eigenvalue weighted by atomic mass is 9.42. The Kier molecular flexibility index (Phi) is 6.55. The molecule has 0 radical (unpaired) electrons. The van der Waals surface area contributed by atoms with Crippen LogP contribution >= 0.6 is 0 Å². The highest BCUT2D eigenvalue weighted by atomic mass is 16.6. The van der Waals surface area contributed by atoms with Crippen molar-refractivity contribution in [3.05, 3.63) is 0 Å². The standard InChI is InChI=1S/C30H50N2O5/c1-17(2)24(27(34)37-28(3,4)5)31-20-11-12-30(35-6)22-15-19-9-10-21(33)25-23(19)29(30,26(20)36-25)13-14-32(22)16-18-7-8-18/h17-26,31,33H,7-16H2,1-6H3/t19?,20?,21?,22?,23?,24-,25?,26-,29-,30+/m0/s1. The highest BCUT2D eigenvalue weighted by molar-refractivity contribution is 5.76. The van der Waals surface area contributed by atoms with Gasteiger partial charge in [-0.25, -0.2) is 0 Å². The predicted molar refractivity (Wildman–Crippen MR) is 141 cm³/mol. The first-order chi connectivity index (χ1) is 17.5. The molecule has 6 rings (SSSR count). The van der Waals surface area contributed by atoms with Crippen molar-refractivity contribution in [2.75, 3.05) is 20.2 Å². The quantitative estimate of drug-likeness (QED) is 0.499. The van der Waals surface area contributed by atoms with Gasteiger partial charge in [0, 0.05) is 37.1 Å². The Hall–Kier alpha value is -0.730. The van der Waals surface area contributed by atoms with Crippen LogP contribution in [0.4, 0.5) is 0 Å². The average Bonchev–Trinajstić information content (AvgIpc) is 3.57. The number of nitrogens with zero attached hydrogens (tertiary/aromatic N) is 1. The van der Waals surface area contributed by atoms with Crippen molar-refractivity contribution in [1.29, 1.82) is 0 Å².